The smallest absolute Gasteiger partial charge is 0.355 e. The highest BCUT2D eigenvalue weighted by Crippen LogP contribution is 2.23. The summed E-state index contributed by atoms with van der Waals surface area (Å²) in [7, 11) is 1.26. The summed E-state index contributed by atoms with van der Waals surface area (Å²) >= 11 is 0. The van der Waals surface area contributed by atoms with E-state index in [1.54, 1.807) is 27.7 Å². The van der Waals surface area contributed by atoms with E-state index in [9.17, 15) is 19.2 Å². The molecule has 0 amide bonds. The van der Waals surface area contributed by atoms with E-state index >= 15 is 0 Å². The molecular weight excluding hydrogens is 364 g/mol. The Kier molecular flexibility index (Phi) is 5.92. The molecule has 0 saturated heterocycles. The minimum absolute atomic E-state index is 0.136. The van der Waals surface area contributed by atoms with Gasteiger partial charge in [0.1, 0.15) is 5.69 Å². The lowest BCUT2D eigenvalue weighted by Crippen LogP contribution is -2.26. The van der Waals surface area contributed by atoms with E-state index in [-0.39, 0.29) is 22.7 Å². The van der Waals surface area contributed by atoms with E-state index in [1.807, 2.05) is 0 Å². The van der Waals surface area contributed by atoms with Crippen LogP contribution in [0.1, 0.15) is 78.1 Å². The van der Waals surface area contributed by atoms with Crippen LogP contribution in [0.25, 0.3) is 0 Å². The number of carbonyl (C=O) groups excluding carboxylic acids is 4. The van der Waals surface area contributed by atoms with Gasteiger partial charge in [0.15, 0.2) is 11.9 Å². The number of nitrogens with one attached hydrogen (secondary N) is 2. The number of aromatic amines is 2. The standard InChI is InChI=1S/C20H24N2O6/c1-8-14(12(5)23)10(3)22-17(8)20(26)28-13(6)18(24)16-9(2)15(11(4)21-16)19(25)27-7/h13,21-22H,1-7H3. The predicted octanol–water partition coefficient (Wildman–Crippen LogP) is 2.99. The molecule has 0 fully saturated rings. The highest BCUT2D eigenvalue weighted by molar-refractivity contribution is 6.05. The third-order valence-corrected chi connectivity index (χ3v) is 4.72. The third-order valence-electron chi connectivity index (χ3n) is 4.72. The van der Waals surface area contributed by atoms with Gasteiger partial charge in [-0.25, -0.2) is 9.59 Å². The van der Waals surface area contributed by atoms with Gasteiger partial charge in [-0.3, -0.25) is 9.59 Å². The molecule has 0 bridgehead atoms. The van der Waals surface area contributed by atoms with E-state index in [2.05, 4.69) is 9.97 Å². The molecule has 0 aliphatic rings. The fraction of sp³-hybridized carbons (Fsp3) is 0.400. The second-order valence-electron chi connectivity index (χ2n) is 6.71. The van der Waals surface area contributed by atoms with Crippen molar-refractivity contribution in [2.45, 2.75) is 47.6 Å². The molecule has 8 heteroatoms. The zero-order valence-electron chi connectivity index (χ0n) is 17.0. The van der Waals surface area contributed by atoms with Crippen molar-refractivity contribution in [1.29, 1.82) is 0 Å². The largest absolute Gasteiger partial charge is 0.465 e. The second kappa shape index (κ2) is 7.84. The molecule has 2 aromatic rings. The molecule has 2 aromatic heterocycles. The van der Waals surface area contributed by atoms with Crippen molar-refractivity contribution in [2.75, 3.05) is 7.11 Å². The highest BCUT2D eigenvalue weighted by Gasteiger charge is 2.29. The topological polar surface area (TPSA) is 118 Å². The van der Waals surface area contributed by atoms with Gasteiger partial charge in [-0.05, 0) is 52.7 Å². The number of rotatable bonds is 6. The number of ketones is 2. The maximum atomic E-state index is 12.7. The van der Waals surface area contributed by atoms with Gasteiger partial charge in [0.2, 0.25) is 5.78 Å². The van der Waals surface area contributed by atoms with Gasteiger partial charge < -0.3 is 19.4 Å². The monoisotopic (exact) mass is 388 g/mol. The summed E-state index contributed by atoms with van der Waals surface area (Å²) in [5.41, 5.74) is 3.01. The average molecular weight is 388 g/mol. The molecule has 0 spiro atoms. The molecule has 0 saturated carbocycles. The van der Waals surface area contributed by atoms with Gasteiger partial charge in [0.05, 0.1) is 18.4 Å². The summed E-state index contributed by atoms with van der Waals surface area (Å²) in [5.74, 6) is -1.92. The van der Waals surface area contributed by atoms with Crippen LogP contribution in [0, 0.1) is 27.7 Å². The van der Waals surface area contributed by atoms with Crippen molar-refractivity contribution < 1.29 is 28.7 Å². The minimum Gasteiger partial charge on any atom is -0.465 e. The van der Waals surface area contributed by atoms with E-state index in [0.29, 0.717) is 28.1 Å². The molecule has 2 N–H and O–H groups in total. The maximum absolute atomic E-state index is 12.7. The summed E-state index contributed by atoms with van der Waals surface area (Å²) in [5, 5.41) is 0. The molecule has 1 unspecified atom stereocenters. The van der Waals surface area contributed by atoms with E-state index in [1.165, 1.54) is 21.0 Å². The fourth-order valence-corrected chi connectivity index (χ4v) is 3.36. The molecule has 0 aliphatic carbocycles. The number of methoxy groups -OCH3 is 1. The summed E-state index contributed by atoms with van der Waals surface area (Å²) in [6, 6.07) is 0. The molecule has 2 heterocycles. The van der Waals surface area contributed by atoms with Gasteiger partial charge in [-0.2, -0.15) is 0 Å². The van der Waals surface area contributed by atoms with Gasteiger partial charge in [-0.1, -0.05) is 0 Å². The Labute approximate surface area is 162 Å². The Balaban J connectivity index is 2.26. The SMILES string of the molecule is COC(=O)c1c(C)[nH]c(C(=O)C(C)OC(=O)c2[nH]c(C)c(C(C)=O)c2C)c1C. The minimum atomic E-state index is -1.10. The molecule has 0 aliphatic heterocycles. The second-order valence-corrected chi connectivity index (χ2v) is 6.71. The Morgan fingerprint density at radius 3 is 1.82 bits per heavy atom. The van der Waals surface area contributed by atoms with Crippen molar-refractivity contribution in [1.82, 2.24) is 9.97 Å². The van der Waals surface area contributed by atoms with E-state index in [4.69, 9.17) is 9.47 Å². The van der Waals surface area contributed by atoms with E-state index < -0.39 is 23.8 Å². The first-order chi connectivity index (χ1) is 13.0. The molecule has 0 radical (unpaired) electrons. The Hall–Kier alpha value is -3.16. The first-order valence-corrected chi connectivity index (χ1v) is 8.73. The maximum Gasteiger partial charge on any atom is 0.355 e. The van der Waals surface area contributed by atoms with Crippen LogP contribution in [0.5, 0.6) is 0 Å². The zero-order valence-corrected chi connectivity index (χ0v) is 17.0. The van der Waals surface area contributed by atoms with Crippen molar-refractivity contribution >= 4 is 23.5 Å². The van der Waals surface area contributed by atoms with Crippen molar-refractivity contribution in [2.24, 2.45) is 0 Å². The summed E-state index contributed by atoms with van der Waals surface area (Å²) < 4.78 is 10.0. The van der Waals surface area contributed by atoms with E-state index in [0.717, 1.165) is 0 Å². The molecule has 0 aromatic carbocycles. The Bertz CT molecular complexity index is 979. The fourth-order valence-electron chi connectivity index (χ4n) is 3.36. The lowest BCUT2D eigenvalue weighted by atomic mass is 10.1. The molecule has 28 heavy (non-hydrogen) atoms. The van der Waals surface area contributed by atoms with Crippen molar-refractivity contribution in [3.05, 3.63) is 45.0 Å². The lowest BCUT2D eigenvalue weighted by Gasteiger charge is -2.12. The molecule has 150 valence electrons. The lowest BCUT2D eigenvalue weighted by molar-refractivity contribution is 0.0311. The average Bonchev–Trinajstić information content (AvgIpc) is 3.08. The summed E-state index contributed by atoms with van der Waals surface area (Å²) in [4.78, 5) is 54.6. The van der Waals surface area contributed by atoms with Crippen LogP contribution in [0.4, 0.5) is 0 Å². The number of carbonyl (C=O) groups is 4. The van der Waals surface area contributed by atoms with Crippen LogP contribution >= 0.6 is 0 Å². The van der Waals surface area contributed by atoms with Gasteiger partial charge in [0.25, 0.3) is 0 Å². The first-order valence-electron chi connectivity index (χ1n) is 8.73. The van der Waals surface area contributed by atoms with Crippen LogP contribution in [-0.4, -0.2) is 46.7 Å². The molecule has 1 atom stereocenters. The highest BCUT2D eigenvalue weighted by atomic mass is 16.5. The first kappa shape index (κ1) is 21.1. The molecule has 2 rings (SSSR count). The van der Waals surface area contributed by atoms with Crippen LogP contribution < -0.4 is 0 Å². The predicted molar refractivity (Wildman–Crippen MR) is 101 cm³/mol. The third kappa shape index (κ3) is 3.62. The number of hydrogen-bond donors (Lipinski definition) is 2. The number of aromatic nitrogens is 2. The molecule has 8 nitrogen and oxygen atoms in total. The van der Waals surface area contributed by atoms with Crippen LogP contribution in [0.2, 0.25) is 0 Å². The Morgan fingerprint density at radius 1 is 0.821 bits per heavy atom. The Morgan fingerprint density at radius 2 is 1.32 bits per heavy atom. The quantitative estimate of drug-likeness (QED) is 0.580. The number of hydrogen-bond acceptors (Lipinski definition) is 6. The number of aryl methyl sites for hydroxylation is 2. The zero-order chi connectivity index (χ0) is 21.3. The van der Waals surface area contributed by atoms with Crippen LogP contribution in [-0.2, 0) is 9.47 Å². The number of Topliss-reactive ketones (excluding diaryl/α,β-unsaturated/α-hetero) is 2. The molecular formula is C20H24N2O6. The van der Waals surface area contributed by atoms with Gasteiger partial charge in [-0.15, -0.1) is 0 Å². The normalized spacial score (nSPS) is 11.8. The number of esters is 2. The van der Waals surface area contributed by atoms with Crippen LogP contribution in [0.3, 0.4) is 0 Å². The van der Waals surface area contributed by atoms with Crippen molar-refractivity contribution in [3.63, 3.8) is 0 Å². The van der Waals surface area contributed by atoms with Gasteiger partial charge in [0, 0.05) is 17.0 Å². The van der Waals surface area contributed by atoms with Crippen molar-refractivity contribution in [3.8, 4) is 0 Å². The van der Waals surface area contributed by atoms with Crippen LogP contribution in [0.15, 0.2) is 0 Å². The number of ether oxygens (including phenoxy) is 2. The summed E-state index contributed by atoms with van der Waals surface area (Å²) in [6.45, 7) is 9.47. The van der Waals surface area contributed by atoms with Gasteiger partial charge >= 0.3 is 11.9 Å². The summed E-state index contributed by atoms with van der Waals surface area (Å²) in [6.07, 6.45) is -1.10. The number of H-pyrrole nitrogens is 2.